The monoisotopic (exact) mass is 910 g/mol. The minimum absolute atomic E-state index is 0.0770. The fourth-order valence-corrected chi connectivity index (χ4v) is 6.84. The first-order chi connectivity index (χ1) is 32.6. The molecule has 13 nitrogen and oxygen atoms in total. The van der Waals surface area contributed by atoms with E-state index < -0.39 is 5.82 Å². The van der Waals surface area contributed by atoms with Crippen molar-refractivity contribution in [3.05, 3.63) is 161 Å². The summed E-state index contributed by atoms with van der Waals surface area (Å²) in [6, 6.07) is 31.3. The molecule has 6 aromatic rings. The normalized spacial score (nSPS) is 11.0. The van der Waals surface area contributed by atoms with E-state index in [1.54, 1.807) is 57.9 Å². The fraction of sp³-hybridized carbons (Fsp3) is 0.170. The van der Waals surface area contributed by atoms with Crippen LogP contribution in [-0.4, -0.2) is 67.9 Å². The Balaban J connectivity index is 1.13. The van der Waals surface area contributed by atoms with Crippen LogP contribution in [0.3, 0.4) is 0 Å². The van der Waals surface area contributed by atoms with Gasteiger partial charge in [0, 0.05) is 53.8 Å². The van der Waals surface area contributed by atoms with Gasteiger partial charge >= 0.3 is 0 Å². The smallest absolute Gasteiger partial charge is 0.224 e. The molecule has 0 aliphatic heterocycles. The lowest BCUT2D eigenvalue weighted by atomic mass is 10.1. The van der Waals surface area contributed by atoms with Crippen molar-refractivity contribution in [2.45, 2.75) is 6.42 Å². The van der Waals surface area contributed by atoms with E-state index in [4.69, 9.17) is 42.9 Å². The van der Waals surface area contributed by atoms with Gasteiger partial charge in [-0.15, -0.1) is 0 Å². The Kier molecular flexibility index (Phi) is 16.9. The van der Waals surface area contributed by atoms with Crippen LogP contribution >= 0.6 is 0 Å². The topological polar surface area (TPSA) is 141 Å². The van der Waals surface area contributed by atoms with E-state index in [9.17, 15) is 14.0 Å². The van der Waals surface area contributed by atoms with Crippen molar-refractivity contribution in [2.75, 3.05) is 66.9 Å². The van der Waals surface area contributed by atoms with E-state index in [-0.39, 0.29) is 46.5 Å². The number of halogens is 1. The Labute approximate surface area is 388 Å². The standard InChI is InChI=1S/C53H51FN2O11/c1-59-45-22-20-38(32-40(45)54)43(57)24-26-55-42-15-11-9-13-37(42)19-17-35-30-50(63-5)53(65-7)51(31-35)67-66-47-33-39(21-23-46(47)60-2)44(58)25-27-56-41-14-10-8-12-36(41)18-16-34-28-48(61-3)52(64-6)49(29-34)62-4/h8-23,25,27-33,55-56H,24,26H2,1-7H3/b18-16-,19-17-,27-25-. The number of hydrogen-bond donors (Lipinski definition) is 2. The lowest BCUT2D eigenvalue weighted by Gasteiger charge is -2.15. The van der Waals surface area contributed by atoms with Gasteiger partial charge in [-0.1, -0.05) is 60.7 Å². The van der Waals surface area contributed by atoms with Crippen molar-refractivity contribution in [3.8, 4) is 51.7 Å². The first-order valence-corrected chi connectivity index (χ1v) is 20.8. The summed E-state index contributed by atoms with van der Waals surface area (Å²) in [5, 5.41) is 6.51. The predicted octanol–water partition coefficient (Wildman–Crippen LogP) is 11.1. The van der Waals surface area contributed by atoms with Gasteiger partial charge < -0.3 is 43.8 Å². The number of rotatable bonds is 23. The zero-order valence-electron chi connectivity index (χ0n) is 38.1. The molecule has 0 unspecified atom stereocenters. The van der Waals surface area contributed by atoms with Gasteiger partial charge in [0.2, 0.25) is 23.0 Å². The molecule has 0 radical (unpaired) electrons. The predicted molar refractivity (Wildman–Crippen MR) is 258 cm³/mol. The third-order valence-electron chi connectivity index (χ3n) is 10.3. The van der Waals surface area contributed by atoms with Crippen molar-refractivity contribution in [2.24, 2.45) is 0 Å². The average molecular weight is 911 g/mol. The Morgan fingerprint density at radius 3 is 1.60 bits per heavy atom. The highest BCUT2D eigenvalue weighted by Crippen LogP contribution is 2.41. The second-order valence-electron chi connectivity index (χ2n) is 14.4. The number of hydrogen-bond acceptors (Lipinski definition) is 13. The van der Waals surface area contributed by atoms with Crippen LogP contribution in [0.5, 0.6) is 51.7 Å². The van der Waals surface area contributed by atoms with E-state index in [1.165, 1.54) is 52.7 Å². The minimum Gasteiger partial charge on any atom is -0.494 e. The van der Waals surface area contributed by atoms with E-state index in [0.29, 0.717) is 46.4 Å². The molecule has 346 valence electrons. The molecule has 0 fully saturated rings. The summed E-state index contributed by atoms with van der Waals surface area (Å²) >= 11 is 0. The zero-order chi connectivity index (χ0) is 47.7. The van der Waals surface area contributed by atoms with Gasteiger partial charge in [0.05, 0.1) is 49.8 Å². The summed E-state index contributed by atoms with van der Waals surface area (Å²) in [5.74, 6) is 1.81. The molecule has 0 atom stereocenters. The van der Waals surface area contributed by atoms with Gasteiger partial charge in [0.1, 0.15) is 0 Å². The van der Waals surface area contributed by atoms with Crippen molar-refractivity contribution in [1.82, 2.24) is 0 Å². The van der Waals surface area contributed by atoms with E-state index in [2.05, 4.69) is 10.6 Å². The number of para-hydroxylation sites is 2. The van der Waals surface area contributed by atoms with Crippen LogP contribution in [0, 0.1) is 5.82 Å². The van der Waals surface area contributed by atoms with E-state index in [1.807, 2.05) is 85.0 Å². The molecule has 0 aliphatic carbocycles. The van der Waals surface area contributed by atoms with Crippen LogP contribution in [0.2, 0.25) is 0 Å². The number of nitrogens with one attached hydrogen (secondary N) is 2. The molecule has 0 aromatic heterocycles. The van der Waals surface area contributed by atoms with E-state index in [0.717, 1.165) is 28.1 Å². The zero-order valence-corrected chi connectivity index (χ0v) is 38.1. The van der Waals surface area contributed by atoms with Crippen LogP contribution in [0.15, 0.2) is 121 Å². The molecular formula is C53H51FN2O11. The van der Waals surface area contributed by atoms with Gasteiger partial charge in [-0.05, 0) is 89.0 Å². The summed E-state index contributed by atoms with van der Waals surface area (Å²) in [5.41, 5.74) is 5.33. The number of ether oxygens (including phenoxy) is 7. The maximum Gasteiger partial charge on any atom is 0.224 e. The minimum atomic E-state index is -0.592. The fourth-order valence-electron chi connectivity index (χ4n) is 6.84. The summed E-state index contributed by atoms with van der Waals surface area (Å²) < 4.78 is 52.4. The largest absolute Gasteiger partial charge is 0.494 e. The maximum atomic E-state index is 14.2. The highest BCUT2D eigenvalue weighted by Gasteiger charge is 2.18. The summed E-state index contributed by atoms with van der Waals surface area (Å²) in [7, 11) is 10.5. The molecule has 0 amide bonds. The van der Waals surface area contributed by atoms with Crippen LogP contribution in [0.1, 0.15) is 49.4 Å². The van der Waals surface area contributed by atoms with Gasteiger partial charge in [0.25, 0.3) is 0 Å². The molecule has 14 heteroatoms. The first kappa shape index (κ1) is 48.1. The van der Waals surface area contributed by atoms with Gasteiger partial charge in [-0.2, -0.15) is 0 Å². The molecule has 67 heavy (non-hydrogen) atoms. The van der Waals surface area contributed by atoms with Gasteiger partial charge in [-0.25, -0.2) is 4.39 Å². The SMILES string of the molecule is COc1ccc(C(=O)CCNc2ccccc2/C=C\c2cc(OC)c(OC)c(OOc3cc(C(=O)/C=C\Nc4ccccc4/C=C\c4cc(OC)c(OC)c(OC)c4)ccc3OC)c2)cc1F. The first-order valence-electron chi connectivity index (χ1n) is 20.8. The van der Waals surface area contributed by atoms with Crippen LogP contribution < -0.4 is 53.6 Å². The Bertz CT molecular complexity index is 2760. The van der Waals surface area contributed by atoms with Crippen molar-refractivity contribution >= 4 is 47.2 Å². The van der Waals surface area contributed by atoms with Crippen LogP contribution in [-0.2, 0) is 0 Å². The lowest BCUT2D eigenvalue weighted by Crippen LogP contribution is -2.10. The highest BCUT2D eigenvalue weighted by atomic mass is 19.1. The Hall–Kier alpha value is -8.39. The van der Waals surface area contributed by atoms with Crippen molar-refractivity contribution < 1.29 is 56.9 Å². The quantitative estimate of drug-likeness (QED) is 0.0207. The van der Waals surface area contributed by atoms with E-state index >= 15 is 0 Å². The molecule has 0 heterocycles. The average Bonchev–Trinajstić information content (AvgIpc) is 3.36. The summed E-state index contributed by atoms with van der Waals surface area (Å²) in [4.78, 5) is 37.9. The molecule has 6 aromatic carbocycles. The molecule has 0 bridgehead atoms. The number of carbonyl (C=O) groups is 2. The van der Waals surface area contributed by atoms with Gasteiger partial charge in [0.15, 0.2) is 46.1 Å². The number of ketones is 2. The lowest BCUT2D eigenvalue weighted by molar-refractivity contribution is -0.103. The summed E-state index contributed by atoms with van der Waals surface area (Å²) in [6.07, 6.45) is 10.7. The van der Waals surface area contributed by atoms with Crippen molar-refractivity contribution in [3.63, 3.8) is 0 Å². The molecular weight excluding hydrogens is 860 g/mol. The number of methoxy groups -OCH3 is 7. The second-order valence-corrected chi connectivity index (χ2v) is 14.4. The third-order valence-corrected chi connectivity index (χ3v) is 10.3. The number of carbonyl (C=O) groups excluding carboxylic acids is 2. The Morgan fingerprint density at radius 1 is 0.507 bits per heavy atom. The summed E-state index contributed by atoms with van der Waals surface area (Å²) in [6.45, 7) is 0.319. The maximum absolute atomic E-state index is 14.2. The highest BCUT2D eigenvalue weighted by molar-refractivity contribution is 6.05. The number of allylic oxidation sites excluding steroid dienone is 1. The molecule has 0 spiro atoms. The van der Waals surface area contributed by atoms with Crippen LogP contribution in [0.4, 0.5) is 15.8 Å². The number of anilines is 2. The Morgan fingerprint density at radius 2 is 1.01 bits per heavy atom. The number of benzene rings is 6. The molecule has 0 saturated carbocycles. The number of Topliss-reactive ketones (excluding diaryl/α,β-unsaturated/α-hetero) is 1. The second kappa shape index (κ2) is 23.5. The third kappa shape index (κ3) is 12.2. The van der Waals surface area contributed by atoms with Crippen molar-refractivity contribution in [1.29, 1.82) is 0 Å². The van der Waals surface area contributed by atoms with Crippen LogP contribution in [0.25, 0.3) is 24.3 Å². The molecule has 2 N–H and O–H groups in total. The molecule has 0 aliphatic rings. The molecule has 6 rings (SSSR count). The molecule has 0 saturated heterocycles. The van der Waals surface area contributed by atoms with Gasteiger partial charge in [-0.3, -0.25) is 19.4 Å².